The lowest BCUT2D eigenvalue weighted by molar-refractivity contribution is 1.19. The smallest absolute Gasteiger partial charge is 0.238 e. The summed E-state index contributed by atoms with van der Waals surface area (Å²) in [7, 11) is 0. The minimum atomic E-state index is -0.0812. The lowest BCUT2D eigenvalue weighted by Crippen LogP contribution is -2.20. The van der Waals surface area contributed by atoms with Crippen molar-refractivity contribution in [3.05, 3.63) is 56.3 Å². The fourth-order valence-electron chi connectivity index (χ4n) is 1.16. The molecule has 0 saturated heterocycles. The third-order valence-electron chi connectivity index (χ3n) is 1.82. The lowest BCUT2D eigenvalue weighted by atomic mass is 10.3. The van der Waals surface area contributed by atoms with Crippen LogP contribution in [0.5, 0.6) is 0 Å². The van der Waals surface area contributed by atoms with E-state index in [9.17, 15) is 0 Å². The van der Waals surface area contributed by atoms with Gasteiger partial charge in [-0.05, 0) is 18.2 Å². The number of hydrogen-bond acceptors (Lipinski definition) is 3. The van der Waals surface area contributed by atoms with Crippen LogP contribution in [-0.4, -0.2) is 0 Å². The second-order valence-corrected chi connectivity index (χ2v) is 3.67. The highest BCUT2D eigenvalue weighted by Crippen LogP contribution is 2.10. The monoisotopic (exact) mass is 258 g/mol. The molecule has 0 amide bonds. The van der Waals surface area contributed by atoms with Crippen LogP contribution in [0.25, 0.3) is 4.85 Å². The Kier molecular flexibility index (Phi) is 2.32. The average Bonchev–Trinajstić information content (AvgIpc) is 2.62. The summed E-state index contributed by atoms with van der Waals surface area (Å²) < 4.78 is 0.891. The molecule has 70 valence electrons. The normalized spacial score (nSPS) is 15.4. The molecule has 1 aliphatic rings. The van der Waals surface area contributed by atoms with Crippen molar-refractivity contribution in [3.63, 3.8) is 0 Å². The summed E-state index contributed by atoms with van der Waals surface area (Å²) in [5.41, 5.74) is -0.0812. The molecule has 0 bridgehead atoms. The molecule has 0 fully saturated rings. The van der Waals surface area contributed by atoms with Gasteiger partial charge < -0.3 is 0 Å². The van der Waals surface area contributed by atoms with E-state index >= 15 is 0 Å². The van der Waals surface area contributed by atoms with E-state index in [1.54, 1.807) is 18.2 Å². The maximum Gasteiger partial charge on any atom is 0.305 e. The summed E-state index contributed by atoms with van der Waals surface area (Å²) >= 11 is 3.31. The molecule has 4 nitrogen and oxygen atoms in total. The number of rotatable bonds is 0. The summed E-state index contributed by atoms with van der Waals surface area (Å²) in [5, 5.41) is 10.0. The zero-order chi connectivity index (χ0) is 10.8. The number of halogens is 1. The predicted octanol–water partition coefficient (Wildman–Crippen LogP) is 1.31. The Morgan fingerprint density at radius 3 is 2.80 bits per heavy atom. The number of hydrogen-bond donors (Lipinski definition) is 0. The fourth-order valence-corrected chi connectivity index (χ4v) is 1.51. The Balaban J connectivity index is 2.74. The van der Waals surface area contributed by atoms with Gasteiger partial charge in [-0.25, -0.2) is 20.1 Å². The van der Waals surface area contributed by atoms with Crippen LogP contribution < -0.4 is 10.7 Å². The van der Waals surface area contributed by atoms with Crippen molar-refractivity contribution in [3.8, 4) is 6.07 Å². The van der Waals surface area contributed by atoms with Gasteiger partial charge in [-0.2, -0.15) is 0 Å². The van der Waals surface area contributed by atoms with E-state index in [-0.39, 0.29) is 11.5 Å². The van der Waals surface area contributed by atoms with Crippen molar-refractivity contribution in [2.75, 3.05) is 0 Å². The Morgan fingerprint density at radius 1 is 1.40 bits per heavy atom. The van der Waals surface area contributed by atoms with E-state index < -0.39 is 0 Å². The fraction of sp³-hybridized carbons (Fsp3) is 0. The molecule has 1 heterocycles. The first-order valence-electron chi connectivity index (χ1n) is 3.99. The third-order valence-corrected chi connectivity index (χ3v) is 2.31. The first-order valence-corrected chi connectivity index (χ1v) is 4.79. The average molecular weight is 259 g/mol. The molecule has 0 unspecified atom stereocenters. The summed E-state index contributed by atoms with van der Waals surface area (Å²) in [6.07, 6.45) is 0. The van der Waals surface area contributed by atoms with Crippen molar-refractivity contribution in [1.29, 1.82) is 5.26 Å². The molecule has 0 spiro atoms. The van der Waals surface area contributed by atoms with E-state index in [4.69, 9.17) is 11.8 Å². The number of fused-ring (bicyclic) bond motifs is 1. The van der Waals surface area contributed by atoms with Crippen molar-refractivity contribution in [2.24, 2.45) is 9.98 Å². The van der Waals surface area contributed by atoms with Crippen molar-refractivity contribution >= 4 is 15.9 Å². The maximum absolute atomic E-state index is 8.67. The SMILES string of the molecule is [C-]#[N+]/C(C#N)=C1/N=c2ccc(Br)cc2=N1. The van der Waals surface area contributed by atoms with Crippen LogP contribution in [0.15, 0.2) is 44.2 Å². The van der Waals surface area contributed by atoms with Gasteiger partial charge in [0.25, 0.3) is 0 Å². The van der Waals surface area contributed by atoms with Crippen LogP contribution in [0.4, 0.5) is 0 Å². The molecule has 0 N–H and O–H groups in total. The van der Waals surface area contributed by atoms with Crippen molar-refractivity contribution in [1.82, 2.24) is 0 Å². The van der Waals surface area contributed by atoms with Gasteiger partial charge in [-0.1, -0.05) is 15.9 Å². The standard InChI is InChI=1S/C10H3BrN4/c1-13-9(5-12)10-14-7-3-2-6(11)4-8(7)15-10/h2-4H/b10-9-. The lowest BCUT2D eigenvalue weighted by Gasteiger charge is -1.84. The van der Waals surface area contributed by atoms with Crippen LogP contribution in [-0.2, 0) is 0 Å². The molecule has 0 radical (unpaired) electrons. The molecule has 2 rings (SSSR count). The number of benzene rings is 1. The highest BCUT2D eigenvalue weighted by molar-refractivity contribution is 9.10. The van der Waals surface area contributed by atoms with Gasteiger partial charge in [-0.3, -0.25) is 0 Å². The zero-order valence-electron chi connectivity index (χ0n) is 7.40. The molecule has 0 aliphatic carbocycles. The van der Waals surface area contributed by atoms with Gasteiger partial charge in [0.1, 0.15) is 0 Å². The van der Waals surface area contributed by atoms with Gasteiger partial charge in [0.2, 0.25) is 0 Å². The van der Waals surface area contributed by atoms with Crippen molar-refractivity contribution < 1.29 is 0 Å². The second-order valence-electron chi connectivity index (χ2n) is 2.75. The van der Waals surface area contributed by atoms with Gasteiger partial charge in [-0.15, -0.1) is 0 Å². The Labute approximate surface area is 93.8 Å². The van der Waals surface area contributed by atoms with E-state index in [0.29, 0.717) is 10.7 Å². The first kappa shape index (κ1) is 9.57. The van der Waals surface area contributed by atoms with E-state index in [2.05, 4.69) is 30.8 Å². The van der Waals surface area contributed by atoms with Crippen LogP contribution in [0, 0.1) is 17.9 Å². The molecular formula is C10H3BrN4. The zero-order valence-corrected chi connectivity index (χ0v) is 8.98. The van der Waals surface area contributed by atoms with Gasteiger partial charge >= 0.3 is 5.70 Å². The molecular weight excluding hydrogens is 256 g/mol. The van der Waals surface area contributed by atoms with Crippen LogP contribution in [0.1, 0.15) is 0 Å². The summed E-state index contributed by atoms with van der Waals surface area (Å²) in [5.74, 6) is 0.195. The van der Waals surface area contributed by atoms with Crippen molar-refractivity contribution in [2.45, 2.75) is 0 Å². The van der Waals surface area contributed by atoms with Gasteiger partial charge in [0.15, 0.2) is 5.82 Å². The highest BCUT2D eigenvalue weighted by atomic mass is 79.9. The highest BCUT2D eigenvalue weighted by Gasteiger charge is 2.08. The topological polar surface area (TPSA) is 52.9 Å². The van der Waals surface area contributed by atoms with E-state index in [1.165, 1.54) is 0 Å². The summed E-state index contributed by atoms with van der Waals surface area (Å²) in [6, 6.07) is 7.19. The Morgan fingerprint density at radius 2 is 2.13 bits per heavy atom. The molecule has 0 aromatic heterocycles. The Hall–Kier alpha value is -1.98. The van der Waals surface area contributed by atoms with E-state index in [1.807, 2.05) is 6.07 Å². The minimum Gasteiger partial charge on any atom is -0.238 e. The minimum absolute atomic E-state index is 0.0812. The second kappa shape index (κ2) is 3.64. The molecule has 0 saturated carbocycles. The van der Waals surface area contributed by atoms with Gasteiger partial charge in [0.05, 0.1) is 23.4 Å². The molecule has 1 aromatic carbocycles. The predicted molar refractivity (Wildman–Crippen MR) is 55.7 cm³/mol. The van der Waals surface area contributed by atoms with E-state index in [0.717, 1.165) is 4.47 Å². The third kappa shape index (κ3) is 1.65. The largest absolute Gasteiger partial charge is 0.305 e. The Bertz CT molecular complexity index is 642. The number of allylic oxidation sites excluding steroid dienone is 1. The number of nitrogens with zero attached hydrogens (tertiary/aromatic N) is 4. The molecule has 15 heavy (non-hydrogen) atoms. The van der Waals surface area contributed by atoms with Crippen LogP contribution in [0.3, 0.4) is 0 Å². The molecule has 0 atom stereocenters. The quantitative estimate of drug-likeness (QED) is 0.512. The molecule has 1 aromatic rings. The molecule has 1 aliphatic heterocycles. The first-order chi connectivity index (χ1) is 7.24. The van der Waals surface area contributed by atoms with Gasteiger partial charge in [0, 0.05) is 4.47 Å². The summed E-state index contributed by atoms with van der Waals surface area (Å²) in [6.45, 7) is 6.79. The van der Waals surface area contributed by atoms with Crippen LogP contribution in [0.2, 0.25) is 0 Å². The molecule has 5 heteroatoms. The number of nitriles is 1. The summed E-state index contributed by atoms with van der Waals surface area (Å²) in [4.78, 5) is 11.3. The maximum atomic E-state index is 8.67. The van der Waals surface area contributed by atoms with Crippen LogP contribution >= 0.6 is 15.9 Å².